The van der Waals surface area contributed by atoms with Crippen molar-refractivity contribution in [2.75, 3.05) is 27.2 Å². The average Bonchev–Trinajstić information content (AvgIpc) is 2.49. The summed E-state index contributed by atoms with van der Waals surface area (Å²) in [6, 6.07) is 7.09. The van der Waals surface area contributed by atoms with Gasteiger partial charge in [0, 0.05) is 14.1 Å². The molecule has 23 heavy (non-hydrogen) atoms. The van der Waals surface area contributed by atoms with E-state index >= 15 is 0 Å². The maximum Gasteiger partial charge on any atom is 0.338 e. The quantitative estimate of drug-likeness (QED) is 0.831. The van der Waals surface area contributed by atoms with Gasteiger partial charge in [0.15, 0.2) is 6.61 Å². The topological polar surface area (TPSA) is 75.7 Å². The zero-order valence-electron chi connectivity index (χ0n) is 14.3. The van der Waals surface area contributed by atoms with Crippen molar-refractivity contribution in [3.63, 3.8) is 0 Å². The van der Waals surface area contributed by atoms with Gasteiger partial charge >= 0.3 is 5.97 Å². The Morgan fingerprint density at radius 2 is 1.65 bits per heavy atom. The molecule has 0 fully saturated rings. The highest BCUT2D eigenvalue weighted by Crippen LogP contribution is 2.22. The Kier molecular flexibility index (Phi) is 6.30. The molecular formula is C17H24N2O4. The number of nitrogens with one attached hydrogen (secondary N) is 1. The lowest BCUT2D eigenvalue weighted by Crippen LogP contribution is -2.38. The van der Waals surface area contributed by atoms with E-state index < -0.39 is 18.5 Å². The molecule has 1 aromatic carbocycles. The van der Waals surface area contributed by atoms with Crippen LogP contribution in [0.5, 0.6) is 0 Å². The van der Waals surface area contributed by atoms with Crippen LogP contribution in [0.15, 0.2) is 24.3 Å². The number of carbonyl (C=O) groups is 3. The Morgan fingerprint density at radius 1 is 1.09 bits per heavy atom. The summed E-state index contributed by atoms with van der Waals surface area (Å²) >= 11 is 0. The zero-order valence-corrected chi connectivity index (χ0v) is 14.3. The van der Waals surface area contributed by atoms with Crippen LogP contribution in [0.2, 0.25) is 0 Å². The van der Waals surface area contributed by atoms with Crippen molar-refractivity contribution in [3.05, 3.63) is 35.4 Å². The third-order valence-electron chi connectivity index (χ3n) is 3.26. The van der Waals surface area contributed by atoms with Crippen LogP contribution in [0.3, 0.4) is 0 Å². The molecule has 0 bridgehead atoms. The third-order valence-corrected chi connectivity index (χ3v) is 3.26. The summed E-state index contributed by atoms with van der Waals surface area (Å²) in [6.45, 7) is 5.71. The van der Waals surface area contributed by atoms with Gasteiger partial charge in [-0.25, -0.2) is 4.79 Å². The van der Waals surface area contributed by atoms with Crippen LogP contribution in [0.4, 0.5) is 0 Å². The monoisotopic (exact) mass is 320 g/mol. The van der Waals surface area contributed by atoms with Gasteiger partial charge in [0.25, 0.3) is 5.91 Å². The van der Waals surface area contributed by atoms with E-state index in [1.165, 1.54) is 4.90 Å². The van der Waals surface area contributed by atoms with E-state index in [0.717, 1.165) is 5.56 Å². The molecule has 0 aliphatic heterocycles. The highest BCUT2D eigenvalue weighted by atomic mass is 16.5. The number of likely N-dealkylation sites (N-methyl/N-ethyl adjacent to an activating group) is 1. The van der Waals surface area contributed by atoms with Gasteiger partial charge in [0.2, 0.25) is 5.91 Å². The van der Waals surface area contributed by atoms with E-state index in [2.05, 4.69) is 26.1 Å². The van der Waals surface area contributed by atoms with Crippen LogP contribution >= 0.6 is 0 Å². The van der Waals surface area contributed by atoms with Gasteiger partial charge < -0.3 is 15.0 Å². The molecular weight excluding hydrogens is 296 g/mol. The highest BCUT2D eigenvalue weighted by molar-refractivity contribution is 5.92. The first kappa shape index (κ1) is 18.7. The van der Waals surface area contributed by atoms with Crippen LogP contribution in [0.25, 0.3) is 0 Å². The predicted molar refractivity (Wildman–Crippen MR) is 87.1 cm³/mol. The van der Waals surface area contributed by atoms with Crippen molar-refractivity contribution in [2.45, 2.75) is 26.2 Å². The second-order valence-corrected chi connectivity index (χ2v) is 6.47. The fourth-order valence-corrected chi connectivity index (χ4v) is 1.70. The molecule has 1 aromatic rings. The molecule has 126 valence electrons. The normalized spacial score (nSPS) is 10.8. The minimum Gasteiger partial charge on any atom is -0.452 e. The van der Waals surface area contributed by atoms with Crippen molar-refractivity contribution >= 4 is 17.8 Å². The smallest absolute Gasteiger partial charge is 0.338 e. The van der Waals surface area contributed by atoms with E-state index in [-0.39, 0.29) is 17.9 Å². The van der Waals surface area contributed by atoms with Gasteiger partial charge in [-0.15, -0.1) is 0 Å². The van der Waals surface area contributed by atoms with Crippen LogP contribution in [0, 0.1) is 0 Å². The summed E-state index contributed by atoms with van der Waals surface area (Å²) in [5.41, 5.74) is 1.49. The summed E-state index contributed by atoms with van der Waals surface area (Å²) in [6.07, 6.45) is 0. The number of esters is 1. The number of rotatable bonds is 5. The Morgan fingerprint density at radius 3 is 2.13 bits per heavy atom. The lowest BCUT2D eigenvalue weighted by atomic mass is 9.87. The van der Waals surface area contributed by atoms with Gasteiger partial charge in [-0.05, 0) is 23.1 Å². The van der Waals surface area contributed by atoms with Gasteiger partial charge in [0.05, 0.1) is 12.1 Å². The maximum atomic E-state index is 11.9. The minimum absolute atomic E-state index is 0.00129. The summed E-state index contributed by atoms with van der Waals surface area (Å²) in [5, 5.41) is 2.39. The molecule has 0 saturated heterocycles. The molecule has 6 nitrogen and oxygen atoms in total. The van der Waals surface area contributed by atoms with Gasteiger partial charge in [-0.3, -0.25) is 9.59 Å². The standard InChI is InChI=1S/C17H24N2O4/c1-17(2,3)13-8-6-12(7-9-13)16(22)23-11-14(20)18-10-15(21)19(4)5/h6-9H,10-11H2,1-5H3,(H,18,20). The summed E-state index contributed by atoms with van der Waals surface area (Å²) < 4.78 is 4.93. The number of nitrogens with zero attached hydrogens (tertiary/aromatic N) is 1. The first-order valence-corrected chi connectivity index (χ1v) is 7.36. The number of hydrogen-bond acceptors (Lipinski definition) is 4. The Bertz CT molecular complexity index is 571. The predicted octanol–water partition coefficient (Wildman–Crippen LogP) is 1.35. The minimum atomic E-state index is -0.570. The molecule has 0 unspecified atom stereocenters. The van der Waals surface area contributed by atoms with Crippen molar-refractivity contribution in [3.8, 4) is 0 Å². The molecule has 1 N–H and O–H groups in total. The Hall–Kier alpha value is -2.37. The number of carbonyl (C=O) groups excluding carboxylic acids is 3. The summed E-state index contributed by atoms with van der Waals surface area (Å²) in [5.74, 6) is -1.32. The molecule has 0 radical (unpaired) electrons. The molecule has 1 rings (SSSR count). The molecule has 0 atom stereocenters. The summed E-state index contributed by atoms with van der Waals surface area (Å²) in [7, 11) is 3.19. The van der Waals surface area contributed by atoms with Crippen molar-refractivity contribution in [2.24, 2.45) is 0 Å². The van der Waals surface area contributed by atoms with Crippen LogP contribution in [-0.2, 0) is 19.7 Å². The first-order chi connectivity index (χ1) is 10.6. The highest BCUT2D eigenvalue weighted by Gasteiger charge is 2.15. The van der Waals surface area contributed by atoms with Crippen molar-refractivity contribution in [1.82, 2.24) is 10.2 Å². The molecule has 0 aliphatic carbocycles. The van der Waals surface area contributed by atoms with Crippen LogP contribution in [-0.4, -0.2) is 49.9 Å². The lowest BCUT2D eigenvalue weighted by molar-refractivity contribution is -0.131. The molecule has 0 saturated carbocycles. The molecule has 0 heterocycles. The van der Waals surface area contributed by atoms with E-state index in [1.807, 2.05) is 12.1 Å². The summed E-state index contributed by atoms with van der Waals surface area (Å²) in [4.78, 5) is 36.1. The fourth-order valence-electron chi connectivity index (χ4n) is 1.70. The number of hydrogen-bond donors (Lipinski definition) is 1. The Balaban J connectivity index is 2.47. The number of amides is 2. The number of benzene rings is 1. The first-order valence-electron chi connectivity index (χ1n) is 7.36. The second kappa shape index (κ2) is 7.76. The van der Waals surface area contributed by atoms with E-state index in [4.69, 9.17) is 4.74 Å². The van der Waals surface area contributed by atoms with E-state index in [1.54, 1.807) is 26.2 Å². The Labute approximate surface area is 136 Å². The fraction of sp³-hybridized carbons (Fsp3) is 0.471. The average molecular weight is 320 g/mol. The van der Waals surface area contributed by atoms with Gasteiger partial charge in [-0.1, -0.05) is 32.9 Å². The molecule has 0 aliphatic rings. The van der Waals surface area contributed by atoms with Crippen LogP contribution in [0.1, 0.15) is 36.7 Å². The zero-order chi connectivity index (χ0) is 17.6. The molecule has 6 heteroatoms. The van der Waals surface area contributed by atoms with E-state index in [9.17, 15) is 14.4 Å². The molecule has 0 aromatic heterocycles. The largest absolute Gasteiger partial charge is 0.452 e. The van der Waals surface area contributed by atoms with Gasteiger partial charge in [0.1, 0.15) is 0 Å². The second-order valence-electron chi connectivity index (χ2n) is 6.47. The van der Waals surface area contributed by atoms with Crippen LogP contribution < -0.4 is 5.32 Å². The lowest BCUT2D eigenvalue weighted by Gasteiger charge is -2.18. The maximum absolute atomic E-state index is 11.9. The number of ether oxygens (including phenoxy) is 1. The molecule has 0 spiro atoms. The SMILES string of the molecule is CN(C)C(=O)CNC(=O)COC(=O)c1ccc(C(C)(C)C)cc1. The van der Waals surface area contributed by atoms with Crippen molar-refractivity contribution < 1.29 is 19.1 Å². The van der Waals surface area contributed by atoms with Gasteiger partial charge in [-0.2, -0.15) is 0 Å². The van der Waals surface area contributed by atoms with E-state index in [0.29, 0.717) is 5.56 Å². The third kappa shape index (κ3) is 6.10. The molecule has 2 amide bonds. The van der Waals surface area contributed by atoms with Crippen molar-refractivity contribution in [1.29, 1.82) is 0 Å².